The van der Waals surface area contributed by atoms with E-state index >= 15 is 0 Å². The number of anilines is 1. The zero-order valence-electron chi connectivity index (χ0n) is 15.2. The molecule has 1 heterocycles. The van der Waals surface area contributed by atoms with Gasteiger partial charge in [-0.2, -0.15) is 0 Å². The summed E-state index contributed by atoms with van der Waals surface area (Å²) in [5.41, 5.74) is 3.53. The Morgan fingerprint density at radius 2 is 1.88 bits per heavy atom. The van der Waals surface area contributed by atoms with Crippen LogP contribution in [-0.2, 0) is 0 Å². The molecule has 1 fully saturated rings. The number of hydrogen-bond acceptors (Lipinski definition) is 4. The van der Waals surface area contributed by atoms with Crippen molar-refractivity contribution in [3.05, 3.63) is 65.7 Å². The van der Waals surface area contributed by atoms with E-state index in [2.05, 4.69) is 53.4 Å². The van der Waals surface area contributed by atoms with Gasteiger partial charge in [0.25, 0.3) is 0 Å². The fourth-order valence-electron chi connectivity index (χ4n) is 3.43. The van der Waals surface area contributed by atoms with Crippen LogP contribution < -0.4 is 10.2 Å². The normalized spacial score (nSPS) is 19.6. The van der Waals surface area contributed by atoms with Crippen LogP contribution in [0, 0.1) is 0 Å². The number of nitrogens with one attached hydrogen (secondary N) is 1. The second-order valence-electron chi connectivity index (χ2n) is 6.75. The highest BCUT2D eigenvalue weighted by Crippen LogP contribution is 2.27. The Morgan fingerprint density at radius 3 is 2.56 bits per heavy atom. The number of piperazine rings is 1. The van der Waals surface area contributed by atoms with Crippen LogP contribution in [-0.4, -0.2) is 49.8 Å². The minimum absolute atomic E-state index is 0.299. The predicted octanol–water partition coefficient (Wildman–Crippen LogP) is 2.82. The molecule has 25 heavy (non-hydrogen) atoms. The maximum Gasteiger partial charge on any atom is 0.0917 e. The molecule has 2 unspecified atom stereocenters. The van der Waals surface area contributed by atoms with Gasteiger partial charge in [-0.3, -0.25) is 4.90 Å². The smallest absolute Gasteiger partial charge is 0.0917 e. The van der Waals surface area contributed by atoms with Gasteiger partial charge < -0.3 is 15.3 Å². The molecule has 0 spiro atoms. The minimum Gasteiger partial charge on any atom is -0.387 e. The van der Waals surface area contributed by atoms with Crippen molar-refractivity contribution in [1.82, 2.24) is 10.2 Å². The van der Waals surface area contributed by atoms with Crippen molar-refractivity contribution in [2.45, 2.75) is 19.1 Å². The summed E-state index contributed by atoms with van der Waals surface area (Å²) in [6.07, 6.45) is -0.452. The van der Waals surface area contributed by atoms with Gasteiger partial charge in [0.2, 0.25) is 0 Å². The molecule has 2 aromatic carbocycles. The lowest BCUT2D eigenvalue weighted by Crippen LogP contribution is -2.47. The molecule has 4 heteroatoms. The highest BCUT2D eigenvalue weighted by atomic mass is 16.3. The van der Waals surface area contributed by atoms with Crippen molar-refractivity contribution >= 4 is 5.69 Å². The van der Waals surface area contributed by atoms with Crippen LogP contribution >= 0.6 is 0 Å². The quantitative estimate of drug-likeness (QED) is 0.849. The fraction of sp³-hybridized carbons (Fsp3) is 0.429. The molecule has 0 bridgehead atoms. The number of aliphatic hydroxyl groups excluding tert-OH is 1. The molecule has 4 nitrogen and oxygen atoms in total. The second-order valence-corrected chi connectivity index (χ2v) is 6.75. The summed E-state index contributed by atoms with van der Waals surface area (Å²) in [7, 11) is 2.11. The summed E-state index contributed by atoms with van der Waals surface area (Å²) >= 11 is 0. The summed E-state index contributed by atoms with van der Waals surface area (Å²) in [5.74, 6) is 0. The second kappa shape index (κ2) is 8.48. The van der Waals surface area contributed by atoms with Crippen LogP contribution in [0.5, 0.6) is 0 Å². The molecular weight excluding hydrogens is 310 g/mol. The van der Waals surface area contributed by atoms with Gasteiger partial charge in [-0.15, -0.1) is 0 Å². The molecule has 2 N–H and O–H groups in total. The van der Waals surface area contributed by atoms with E-state index in [1.165, 1.54) is 11.3 Å². The van der Waals surface area contributed by atoms with Gasteiger partial charge in [0.05, 0.1) is 6.10 Å². The molecule has 0 aromatic heterocycles. The van der Waals surface area contributed by atoms with E-state index in [0.717, 1.165) is 31.7 Å². The standard InChI is InChI=1S/C21H29N3O/c1-3-23(2)19-11-9-17(10-12-19)20-15-22-13-14-24(20)16-21(25)18-7-5-4-6-8-18/h4-12,20-22,25H,3,13-16H2,1-2H3. The average molecular weight is 339 g/mol. The number of β-amino-alcohol motifs (C(OH)–C–C–N with tert-alkyl or cyclic N) is 1. The number of aliphatic hydroxyl groups is 1. The van der Waals surface area contributed by atoms with Gasteiger partial charge in [-0.05, 0) is 30.2 Å². The topological polar surface area (TPSA) is 38.7 Å². The molecule has 0 aliphatic carbocycles. The Morgan fingerprint density at radius 1 is 1.16 bits per heavy atom. The summed E-state index contributed by atoms with van der Waals surface area (Å²) in [6.45, 7) is 6.66. The van der Waals surface area contributed by atoms with Gasteiger partial charge in [-0.1, -0.05) is 42.5 Å². The number of nitrogens with zero attached hydrogens (tertiary/aromatic N) is 2. The van der Waals surface area contributed by atoms with Crippen LogP contribution in [0.4, 0.5) is 5.69 Å². The summed E-state index contributed by atoms with van der Waals surface area (Å²) < 4.78 is 0. The molecule has 3 rings (SSSR count). The van der Waals surface area contributed by atoms with Gasteiger partial charge >= 0.3 is 0 Å². The van der Waals surface area contributed by atoms with Gasteiger partial charge in [0.15, 0.2) is 0 Å². The van der Waals surface area contributed by atoms with Crippen molar-refractivity contribution in [1.29, 1.82) is 0 Å². The number of rotatable bonds is 6. The fourth-order valence-corrected chi connectivity index (χ4v) is 3.43. The third kappa shape index (κ3) is 4.40. The molecule has 1 aliphatic rings. The van der Waals surface area contributed by atoms with Crippen LogP contribution in [0.15, 0.2) is 54.6 Å². The molecule has 0 radical (unpaired) electrons. The van der Waals surface area contributed by atoms with Crippen LogP contribution in [0.2, 0.25) is 0 Å². The van der Waals surface area contributed by atoms with E-state index in [-0.39, 0.29) is 0 Å². The van der Waals surface area contributed by atoms with Crippen molar-refractivity contribution in [2.75, 3.05) is 44.7 Å². The van der Waals surface area contributed by atoms with Crippen molar-refractivity contribution < 1.29 is 5.11 Å². The first-order chi connectivity index (χ1) is 12.2. The summed E-state index contributed by atoms with van der Waals surface area (Å²) in [4.78, 5) is 4.63. The van der Waals surface area contributed by atoms with Gasteiger partial charge in [0, 0.05) is 51.5 Å². The number of hydrogen-bond donors (Lipinski definition) is 2. The minimum atomic E-state index is -0.452. The van der Waals surface area contributed by atoms with E-state index in [9.17, 15) is 5.11 Å². The van der Waals surface area contributed by atoms with E-state index in [4.69, 9.17) is 0 Å². The molecule has 2 aromatic rings. The van der Waals surface area contributed by atoms with E-state index < -0.39 is 6.10 Å². The lowest BCUT2D eigenvalue weighted by atomic mass is 10.0. The van der Waals surface area contributed by atoms with Crippen molar-refractivity contribution in [3.63, 3.8) is 0 Å². The third-order valence-electron chi connectivity index (χ3n) is 5.14. The lowest BCUT2D eigenvalue weighted by Gasteiger charge is -2.37. The SMILES string of the molecule is CCN(C)c1ccc(C2CNCCN2CC(O)c2ccccc2)cc1. The predicted molar refractivity (Wildman–Crippen MR) is 104 cm³/mol. The molecule has 2 atom stereocenters. The first-order valence-electron chi connectivity index (χ1n) is 9.18. The first-order valence-corrected chi connectivity index (χ1v) is 9.18. The van der Waals surface area contributed by atoms with Crippen molar-refractivity contribution in [2.24, 2.45) is 0 Å². The summed E-state index contributed by atoms with van der Waals surface area (Å²) in [6, 6.07) is 19.1. The molecular formula is C21H29N3O. The zero-order chi connectivity index (χ0) is 17.6. The Bertz CT molecular complexity index is 644. The zero-order valence-corrected chi connectivity index (χ0v) is 15.2. The molecule has 0 amide bonds. The molecule has 1 aliphatic heterocycles. The monoisotopic (exact) mass is 339 g/mol. The summed E-state index contributed by atoms with van der Waals surface area (Å²) in [5, 5.41) is 14.1. The molecule has 0 saturated carbocycles. The van der Waals surface area contributed by atoms with E-state index in [0.29, 0.717) is 12.6 Å². The Hall–Kier alpha value is -1.88. The maximum atomic E-state index is 10.6. The van der Waals surface area contributed by atoms with Crippen LogP contribution in [0.1, 0.15) is 30.2 Å². The highest BCUT2D eigenvalue weighted by molar-refractivity contribution is 5.47. The maximum absolute atomic E-state index is 10.6. The van der Waals surface area contributed by atoms with Gasteiger partial charge in [-0.25, -0.2) is 0 Å². The largest absolute Gasteiger partial charge is 0.387 e. The third-order valence-corrected chi connectivity index (χ3v) is 5.14. The van der Waals surface area contributed by atoms with Crippen LogP contribution in [0.3, 0.4) is 0 Å². The first kappa shape index (κ1) is 17.9. The Labute approximate surface area is 151 Å². The Kier molecular flexibility index (Phi) is 6.08. The molecule has 134 valence electrons. The van der Waals surface area contributed by atoms with Crippen LogP contribution in [0.25, 0.3) is 0 Å². The average Bonchev–Trinajstić information content (AvgIpc) is 2.68. The Balaban J connectivity index is 1.72. The number of benzene rings is 2. The van der Waals surface area contributed by atoms with E-state index in [1.807, 2.05) is 30.3 Å². The van der Waals surface area contributed by atoms with Crippen molar-refractivity contribution in [3.8, 4) is 0 Å². The lowest BCUT2D eigenvalue weighted by molar-refractivity contribution is 0.0733. The highest BCUT2D eigenvalue weighted by Gasteiger charge is 2.26. The van der Waals surface area contributed by atoms with Gasteiger partial charge in [0.1, 0.15) is 0 Å². The molecule has 1 saturated heterocycles. The van der Waals surface area contributed by atoms with E-state index in [1.54, 1.807) is 0 Å².